The van der Waals surface area contributed by atoms with Gasteiger partial charge in [-0.1, -0.05) is 41.9 Å². The number of hydrogen-bond donors (Lipinski definition) is 3. The summed E-state index contributed by atoms with van der Waals surface area (Å²) in [5.41, 5.74) is 2.19. The molecule has 1 heterocycles. The number of aromatic nitrogens is 1. The zero-order chi connectivity index (χ0) is 26.5. The average Bonchev–Trinajstić information content (AvgIpc) is 2.93. The number of esters is 1. The summed E-state index contributed by atoms with van der Waals surface area (Å²) in [6.45, 7) is -0.542. The quantitative estimate of drug-likeness (QED) is 0.307. The number of para-hydroxylation sites is 1. The maximum Gasteiger partial charge on any atom is 0.355 e. The van der Waals surface area contributed by atoms with E-state index in [9.17, 15) is 19.5 Å². The molecule has 0 bridgehead atoms. The third-order valence-electron chi connectivity index (χ3n) is 5.93. The molecule has 1 amide bonds. The third-order valence-corrected chi connectivity index (χ3v) is 6.16. The molecule has 8 nitrogen and oxygen atoms in total. The molecule has 190 valence electrons. The molecule has 9 heteroatoms. The predicted octanol–water partition coefficient (Wildman–Crippen LogP) is 3.10. The molecule has 1 aromatic heterocycles. The number of ether oxygens (including phenoxy) is 1. The molecule has 3 N–H and O–H groups in total. The van der Waals surface area contributed by atoms with Crippen LogP contribution in [0.5, 0.6) is 0 Å². The van der Waals surface area contributed by atoms with Crippen LogP contribution < -0.4 is 10.7 Å². The van der Waals surface area contributed by atoms with Crippen molar-refractivity contribution < 1.29 is 24.5 Å². The van der Waals surface area contributed by atoms with Crippen LogP contribution >= 0.6 is 11.6 Å². The molecule has 0 aliphatic rings. The Labute approximate surface area is 217 Å². The lowest BCUT2D eigenvalue weighted by Gasteiger charge is -2.19. The van der Waals surface area contributed by atoms with E-state index in [2.05, 4.69) is 5.32 Å². The summed E-state index contributed by atoms with van der Waals surface area (Å²) < 4.78 is 6.77. The summed E-state index contributed by atoms with van der Waals surface area (Å²) in [6, 6.07) is 20.6. The zero-order valence-corrected chi connectivity index (χ0v) is 20.7. The molecule has 0 spiro atoms. The second-order valence-electron chi connectivity index (χ2n) is 8.40. The van der Waals surface area contributed by atoms with Gasteiger partial charge >= 0.3 is 5.97 Å². The molecule has 4 aromatic rings. The van der Waals surface area contributed by atoms with E-state index < -0.39 is 24.6 Å². The van der Waals surface area contributed by atoms with Gasteiger partial charge in [-0.15, -0.1) is 0 Å². The van der Waals surface area contributed by atoms with Gasteiger partial charge in [0.1, 0.15) is 5.69 Å². The number of methoxy groups -OCH3 is 1. The molecular formula is C28H25ClN2O6. The Morgan fingerprint density at radius 2 is 1.76 bits per heavy atom. The van der Waals surface area contributed by atoms with Gasteiger partial charge < -0.3 is 24.8 Å². The van der Waals surface area contributed by atoms with Gasteiger partial charge in [0.05, 0.1) is 25.3 Å². The minimum Gasteiger partial charge on any atom is -0.464 e. The van der Waals surface area contributed by atoms with Gasteiger partial charge in [-0.3, -0.25) is 9.59 Å². The van der Waals surface area contributed by atoms with Gasteiger partial charge in [0, 0.05) is 40.2 Å². The topological polar surface area (TPSA) is 118 Å². The molecule has 1 unspecified atom stereocenters. The van der Waals surface area contributed by atoms with Crippen LogP contribution in [-0.4, -0.2) is 53.0 Å². The Kier molecular flexibility index (Phi) is 8.03. The molecule has 0 fully saturated rings. The van der Waals surface area contributed by atoms with Crippen molar-refractivity contribution in [2.45, 2.75) is 12.5 Å². The molecule has 3 aromatic carbocycles. The first-order valence-electron chi connectivity index (χ1n) is 11.5. The number of amides is 1. The van der Waals surface area contributed by atoms with Crippen LogP contribution in [0.3, 0.4) is 0 Å². The maximum atomic E-state index is 13.6. The van der Waals surface area contributed by atoms with Crippen LogP contribution in [0.25, 0.3) is 16.6 Å². The van der Waals surface area contributed by atoms with Gasteiger partial charge in [-0.2, -0.15) is 0 Å². The van der Waals surface area contributed by atoms with Gasteiger partial charge in [-0.25, -0.2) is 4.79 Å². The number of benzene rings is 3. The number of aliphatic hydroxyl groups excluding tert-OH is 2. The number of nitrogens with zero attached hydrogens (tertiary/aromatic N) is 1. The summed E-state index contributed by atoms with van der Waals surface area (Å²) in [5, 5.41) is 21.7. The molecule has 1 atom stereocenters. The summed E-state index contributed by atoms with van der Waals surface area (Å²) >= 11 is 6.26. The Hall–Kier alpha value is -3.98. The second kappa shape index (κ2) is 11.4. The number of pyridine rings is 1. The molecule has 37 heavy (non-hydrogen) atoms. The number of nitrogens with one attached hydrogen (secondary N) is 1. The Morgan fingerprint density at radius 1 is 1.05 bits per heavy atom. The number of carbonyl (C=O) groups excluding carboxylic acids is 2. The fraction of sp³-hybridized carbons (Fsp3) is 0.179. The zero-order valence-electron chi connectivity index (χ0n) is 20.0. The normalized spacial score (nSPS) is 11.8. The largest absolute Gasteiger partial charge is 0.464 e. The lowest BCUT2D eigenvalue weighted by atomic mass is 9.98. The van der Waals surface area contributed by atoms with Crippen molar-refractivity contribution in [1.29, 1.82) is 0 Å². The summed E-state index contributed by atoms with van der Waals surface area (Å²) in [5.74, 6) is -1.08. The molecule has 0 aliphatic heterocycles. The smallest absolute Gasteiger partial charge is 0.355 e. The van der Waals surface area contributed by atoms with Crippen molar-refractivity contribution in [1.82, 2.24) is 9.88 Å². The number of fused-ring (bicyclic) bond motifs is 1. The lowest BCUT2D eigenvalue weighted by Crippen LogP contribution is -2.33. The number of carbonyl (C=O) groups is 2. The minimum atomic E-state index is -1.05. The van der Waals surface area contributed by atoms with Crippen LogP contribution in [0.2, 0.25) is 5.02 Å². The maximum absolute atomic E-state index is 13.6. The van der Waals surface area contributed by atoms with E-state index in [0.717, 1.165) is 0 Å². The fourth-order valence-electron chi connectivity index (χ4n) is 4.08. The molecule has 0 saturated heterocycles. The predicted molar refractivity (Wildman–Crippen MR) is 141 cm³/mol. The summed E-state index contributed by atoms with van der Waals surface area (Å²) in [4.78, 5) is 39.1. The number of rotatable bonds is 8. The standard InChI is InChI=1S/C28H25ClN2O6/c1-37-28(36)25-23(13-17-7-9-18(10-8-17)27(35)30-15-21(33)16-32)26(34)22-12-11-19(29)14-24(22)31(25)20-5-3-2-4-6-20/h2-12,14,21,32-33H,13,15-16H2,1H3,(H,30,35). The first kappa shape index (κ1) is 26.1. The van der Waals surface area contributed by atoms with Gasteiger partial charge in [0.2, 0.25) is 0 Å². The molecule has 0 radical (unpaired) electrons. The highest BCUT2D eigenvalue weighted by molar-refractivity contribution is 6.31. The first-order chi connectivity index (χ1) is 17.8. The van der Waals surface area contributed by atoms with E-state index in [1.165, 1.54) is 7.11 Å². The van der Waals surface area contributed by atoms with Crippen LogP contribution in [-0.2, 0) is 11.2 Å². The second-order valence-corrected chi connectivity index (χ2v) is 8.84. The van der Waals surface area contributed by atoms with Crippen molar-refractivity contribution >= 4 is 34.4 Å². The van der Waals surface area contributed by atoms with Gasteiger partial charge in [0.15, 0.2) is 5.43 Å². The highest BCUT2D eigenvalue weighted by atomic mass is 35.5. The summed E-state index contributed by atoms with van der Waals surface area (Å²) in [6.07, 6.45) is -0.936. The SMILES string of the molecule is COC(=O)c1c(Cc2ccc(C(=O)NCC(O)CO)cc2)c(=O)c2ccc(Cl)cc2n1-c1ccccc1. The molecule has 0 aliphatic carbocycles. The van der Waals surface area contributed by atoms with Crippen molar-refractivity contribution in [2.24, 2.45) is 0 Å². The first-order valence-corrected chi connectivity index (χ1v) is 11.9. The van der Waals surface area contributed by atoms with Gasteiger partial charge in [-0.05, 0) is 48.0 Å². The van der Waals surface area contributed by atoms with Crippen molar-refractivity contribution in [2.75, 3.05) is 20.3 Å². The minimum absolute atomic E-state index is 0.0836. The Balaban J connectivity index is 1.82. The molecular weight excluding hydrogens is 496 g/mol. The fourth-order valence-corrected chi connectivity index (χ4v) is 4.25. The Bertz CT molecular complexity index is 1500. The molecule has 4 rings (SSSR count). The van der Waals surface area contributed by atoms with E-state index in [1.54, 1.807) is 47.0 Å². The average molecular weight is 521 g/mol. The Morgan fingerprint density at radius 3 is 2.41 bits per heavy atom. The van der Waals surface area contributed by atoms with Crippen LogP contribution in [0, 0.1) is 0 Å². The van der Waals surface area contributed by atoms with Gasteiger partial charge in [0.25, 0.3) is 5.91 Å². The van der Waals surface area contributed by atoms with Crippen LogP contribution in [0.15, 0.2) is 77.6 Å². The van der Waals surface area contributed by atoms with E-state index in [-0.39, 0.29) is 29.7 Å². The van der Waals surface area contributed by atoms with E-state index in [0.29, 0.717) is 32.7 Å². The lowest BCUT2D eigenvalue weighted by molar-refractivity contribution is 0.0589. The summed E-state index contributed by atoms with van der Waals surface area (Å²) in [7, 11) is 1.26. The molecule has 0 saturated carbocycles. The van der Waals surface area contributed by atoms with E-state index in [1.807, 2.05) is 30.3 Å². The third kappa shape index (κ3) is 5.56. The van der Waals surface area contributed by atoms with Crippen LogP contribution in [0.1, 0.15) is 32.0 Å². The van der Waals surface area contributed by atoms with Crippen molar-refractivity contribution in [3.8, 4) is 5.69 Å². The van der Waals surface area contributed by atoms with Crippen LogP contribution in [0.4, 0.5) is 0 Å². The highest BCUT2D eigenvalue weighted by Gasteiger charge is 2.24. The monoisotopic (exact) mass is 520 g/mol. The van der Waals surface area contributed by atoms with Crippen molar-refractivity contribution in [3.05, 3.63) is 110 Å². The van der Waals surface area contributed by atoms with E-state index in [4.69, 9.17) is 21.4 Å². The number of halogens is 1. The number of aliphatic hydroxyl groups is 2. The number of hydrogen-bond acceptors (Lipinski definition) is 6. The highest BCUT2D eigenvalue weighted by Crippen LogP contribution is 2.26. The van der Waals surface area contributed by atoms with Crippen molar-refractivity contribution in [3.63, 3.8) is 0 Å². The van der Waals surface area contributed by atoms with E-state index >= 15 is 0 Å².